The highest BCUT2D eigenvalue weighted by molar-refractivity contribution is 5.81. The molecule has 0 amide bonds. The summed E-state index contributed by atoms with van der Waals surface area (Å²) in [5, 5.41) is 9.15. The molecule has 2 rings (SSSR count). The molecule has 1 N–H and O–H groups in total. The van der Waals surface area contributed by atoms with Gasteiger partial charge in [-0.3, -0.25) is 0 Å². The van der Waals surface area contributed by atoms with Crippen molar-refractivity contribution in [2.75, 3.05) is 6.61 Å². The van der Waals surface area contributed by atoms with Gasteiger partial charge >= 0.3 is 5.97 Å². The summed E-state index contributed by atoms with van der Waals surface area (Å²) in [6, 6.07) is 9.50. The molecule has 0 aromatic heterocycles. The average molecular weight is 204 g/mol. The van der Waals surface area contributed by atoms with Crippen LogP contribution in [0.25, 0.3) is 0 Å². The van der Waals surface area contributed by atoms with Crippen LogP contribution in [-0.4, -0.2) is 23.3 Å². The van der Waals surface area contributed by atoms with Gasteiger partial charge in [0.2, 0.25) is 0 Å². The molecule has 0 radical (unpaired) electrons. The zero-order valence-corrected chi connectivity index (χ0v) is 8.22. The van der Waals surface area contributed by atoms with Crippen molar-refractivity contribution in [1.29, 1.82) is 0 Å². The van der Waals surface area contributed by atoms with Gasteiger partial charge in [-0.2, -0.15) is 0 Å². The summed E-state index contributed by atoms with van der Waals surface area (Å²) in [4.78, 5) is 11.2. The molecule has 1 aliphatic heterocycles. The first kappa shape index (κ1) is 9.93. The van der Waals surface area contributed by atoms with Crippen LogP contribution in [0.5, 0.6) is 0 Å². The van der Waals surface area contributed by atoms with E-state index < -0.39 is 11.6 Å². The number of hydrogen-bond donors (Lipinski definition) is 1. The first-order valence-electron chi connectivity index (χ1n) is 4.82. The number of rotatable bonds is 3. The molecule has 0 unspecified atom stereocenters. The summed E-state index contributed by atoms with van der Waals surface area (Å²) in [5.41, 5.74) is -0.201. The highest BCUT2D eigenvalue weighted by Crippen LogP contribution is 2.24. The Morgan fingerprint density at radius 2 is 2.13 bits per heavy atom. The van der Waals surface area contributed by atoms with E-state index in [2.05, 4.69) is 0 Å². The molecule has 1 aromatic carbocycles. The van der Waals surface area contributed by atoms with Crippen molar-refractivity contribution >= 4 is 5.97 Å². The fourth-order valence-electron chi connectivity index (χ4n) is 1.70. The lowest BCUT2D eigenvalue weighted by molar-refractivity contribution is -0.156. The molecule has 0 aliphatic carbocycles. The molecule has 0 fully saturated rings. The fourth-order valence-corrected chi connectivity index (χ4v) is 1.70. The molecular formula is C12H12O3. The van der Waals surface area contributed by atoms with Gasteiger partial charge in [-0.05, 0) is 11.6 Å². The quantitative estimate of drug-likeness (QED) is 0.761. The van der Waals surface area contributed by atoms with Crippen molar-refractivity contribution < 1.29 is 14.6 Å². The van der Waals surface area contributed by atoms with E-state index in [-0.39, 0.29) is 0 Å². The van der Waals surface area contributed by atoms with E-state index in [0.29, 0.717) is 13.0 Å². The van der Waals surface area contributed by atoms with Crippen LogP contribution in [0.3, 0.4) is 0 Å². The van der Waals surface area contributed by atoms with E-state index in [0.717, 1.165) is 5.56 Å². The SMILES string of the molecule is O=C(O)[C@]1(Cc2ccccc2)C=CCO1. The van der Waals surface area contributed by atoms with E-state index in [1.807, 2.05) is 30.3 Å². The van der Waals surface area contributed by atoms with Crippen LogP contribution in [0, 0.1) is 0 Å². The number of carboxylic acids is 1. The van der Waals surface area contributed by atoms with Crippen molar-refractivity contribution in [3.8, 4) is 0 Å². The third kappa shape index (κ3) is 1.92. The summed E-state index contributed by atoms with van der Waals surface area (Å²) < 4.78 is 5.30. The molecule has 0 saturated heterocycles. The summed E-state index contributed by atoms with van der Waals surface area (Å²) >= 11 is 0. The second-order valence-electron chi connectivity index (χ2n) is 3.57. The second kappa shape index (κ2) is 3.87. The van der Waals surface area contributed by atoms with Gasteiger partial charge in [0.05, 0.1) is 6.61 Å². The van der Waals surface area contributed by atoms with Gasteiger partial charge in [-0.15, -0.1) is 0 Å². The maximum Gasteiger partial charge on any atom is 0.340 e. The zero-order valence-electron chi connectivity index (χ0n) is 8.22. The van der Waals surface area contributed by atoms with Crippen LogP contribution in [0.1, 0.15) is 5.56 Å². The molecule has 0 saturated carbocycles. The van der Waals surface area contributed by atoms with Crippen molar-refractivity contribution in [2.45, 2.75) is 12.0 Å². The Labute approximate surface area is 88.0 Å². The molecule has 3 heteroatoms. The largest absolute Gasteiger partial charge is 0.479 e. The van der Waals surface area contributed by atoms with E-state index >= 15 is 0 Å². The Kier molecular flexibility index (Phi) is 2.56. The minimum Gasteiger partial charge on any atom is -0.479 e. The van der Waals surface area contributed by atoms with Crippen molar-refractivity contribution in [1.82, 2.24) is 0 Å². The average Bonchev–Trinajstić information content (AvgIpc) is 2.69. The molecule has 0 bridgehead atoms. The molecule has 1 aliphatic rings. The predicted molar refractivity (Wildman–Crippen MR) is 55.6 cm³/mol. The van der Waals surface area contributed by atoms with Gasteiger partial charge in [0.25, 0.3) is 0 Å². The Morgan fingerprint density at radius 3 is 2.67 bits per heavy atom. The molecular weight excluding hydrogens is 192 g/mol. The van der Waals surface area contributed by atoms with Crippen LogP contribution in [0.2, 0.25) is 0 Å². The number of hydrogen-bond acceptors (Lipinski definition) is 2. The number of carboxylic acid groups (broad SMARTS) is 1. The minimum atomic E-state index is -1.17. The van der Waals surface area contributed by atoms with Crippen molar-refractivity contribution in [3.63, 3.8) is 0 Å². The van der Waals surface area contributed by atoms with E-state index in [1.165, 1.54) is 0 Å². The minimum absolute atomic E-state index is 0.374. The van der Waals surface area contributed by atoms with Crippen LogP contribution in [-0.2, 0) is 16.0 Å². The molecule has 0 spiro atoms. The maximum atomic E-state index is 11.2. The summed E-state index contributed by atoms with van der Waals surface area (Å²) in [7, 11) is 0. The second-order valence-corrected chi connectivity index (χ2v) is 3.57. The molecule has 1 aromatic rings. The summed E-state index contributed by atoms with van der Waals surface area (Å²) in [5.74, 6) is -0.930. The van der Waals surface area contributed by atoms with E-state index in [4.69, 9.17) is 9.84 Å². The highest BCUT2D eigenvalue weighted by atomic mass is 16.5. The van der Waals surface area contributed by atoms with E-state index in [1.54, 1.807) is 12.2 Å². The Balaban J connectivity index is 2.22. The standard InChI is InChI=1S/C12H12O3/c13-11(14)12(7-4-8-15-12)9-10-5-2-1-3-6-10/h1-7H,8-9H2,(H,13,14)/t12-/m1/s1. The number of carbonyl (C=O) groups is 1. The molecule has 1 atom stereocenters. The predicted octanol–water partition coefficient (Wildman–Crippen LogP) is 1.64. The van der Waals surface area contributed by atoms with Crippen LogP contribution < -0.4 is 0 Å². The third-order valence-electron chi connectivity index (χ3n) is 2.50. The van der Waals surface area contributed by atoms with Crippen molar-refractivity contribution in [3.05, 3.63) is 48.0 Å². The smallest absolute Gasteiger partial charge is 0.340 e. The Morgan fingerprint density at radius 1 is 1.40 bits per heavy atom. The first-order chi connectivity index (χ1) is 7.23. The van der Waals surface area contributed by atoms with Gasteiger partial charge in [0.15, 0.2) is 5.60 Å². The van der Waals surface area contributed by atoms with Gasteiger partial charge in [-0.25, -0.2) is 4.79 Å². The summed E-state index contributed by atoms with van der Waals surface area (Å²) in [6.45, 7) is 0.374. The van der Waals surface area contributed by atoms with E-state index in [9.17, 15) is 4.79 Å². The van der Waals surface area contributed by atoms with Crippen LogP contribution >= 0.6 is 0 Å². The Hall–Kier alpha value is -1.61. The highest BCUT2D eigenvalue weighted by Gasteiger charge is 2.39. The lowest BCUT2D eigenvalue weighted by Gasteiger charge is -2.21. The van der Waals surface area contributed by atoms with Gasteiger partial charge in [0, 0.05) is 6.42 Å². The maximum absolute atomic E-state index is 11.2. The fraction of sp³-hybridized carbons (Fsp3) is 0.250. The normalized spacial score (nSPS) is 24.3. The molecule has 15 heavy (non-hydrogen) atoms. The third-order valence-corrected chi connectivity index (χ3v) is 2.50. The van der Waals surface area contributed by atoms with Gasteiger partial charge < -0.3 is 9.84 Å². The zero-order chi connectivity index (χ0) is 10.7. The Bertz CT molecular complexity index is 383. The monoisotopic (exact) mass is 204 g/mol. The number of aliphatic carboxylic acids is 1. The summed E-state index contributed by atoms with van der Waals surface area (Å²) in [6.07, 6.45) is 3.75. The number of benzene rings is 1. The molecule has 78 valence electrons. The van der Waals surface area contributed by atoms with Crippen LogP contribution in [0.15, 0.2) is 42.5 Å². The van der Waals surface area contributed by atoms with Gasteiger partial charge in [0.1, 0.15) is 0 Å². The number of ether oxygens (including phenoxy) is 1. The first-order valence-corrected chi connectivity index (χ1v) is 4.82. The molecule has 3 nitrogen and oxygen atoms in total. The lowest BCUT2D eigenvalue weighted by atomic mass is 9.95. The molecule has 1 heterocycles. The van der Waals surface area contributed by atoms with Crippen molar-refractivity contribution in [2.24, 2.45) is 0 Å². The van der Waals surface area contributed by atoms with Crippen LogP contribution in [0.4, 0.5) is 0 Å². The topological polar surface area (TPSA) is 46.5 Å². The van der Waals surface area contributed by atoms with Gasteiger partial charge in [-0.1, -0.05) is 36.4 Å². The lowest BCUT2D eigenvalue weighted by Crippen LogP contribution is -2.39.